The van der Waals surface area contributed by atoms with Gasteiger partial charge in [0.2, 0.25) is 0 Å². The maximum Gasteiger partial charge on any atom is 0.0489 e. The van der Waals surface area contributed by atoms with Crippen LogP contribution in [0.25, 0.3) is 0 Å². The Labute approximate surface area is 104 Å². The minimum Gasteiger partial charge on any atom is -0.380 e. The van der Waals surface area contributed by atoms with E-state index < -0.39 is 0 Å². The summed E-state index contributed by atoms with van der Waals surface area (Å²) in [5.74, 6) is 0. The molecule has 0 bridgehead atoms. The Bertz CT molecular complexity index is 469. The molecule has 3 heteroatoms. The second kappa shape index (κ2) is 5.12. The summed E-state index contributed by atoms with van der Waals surface area (Å²) in [7, 11) is 0. The lowest BCUT2D eigenvalue weighted by Crippen LogP contribution is -2.00. The summed E-state index contributed by atoms with van der Waals surface area (Å²) in [6, 6.07) is 10.3. The lowest BCUT2D eigenvalue weighted by Gasteiger charge is -2.09. The summed E-state index contributed by atoms with van der Waals surface area (Å²) in [6.45, 7) is 2.87. The first kappa shape index (κ1) is 11.1. The van der Waals surface area contributed by atoms with Crippen LogP contribution in [-0.2, 0) is 6.54 Å². The average molecular weight is 277 g/mol. The van der Waals surface area contributed by atoms with Gasteiger partial charge in [-0.05, 0) is 52.2 Å². The van der Waals surface area contributed by atoms with Crippen LogP contribution >= 0.6 is 15.9 Å². The van der Waals surface area contributed by atoms with Gasteiger partial charge in [0.25, 0.3) is 0 Å². The highest BCUT2D eigenvalue weighted by Gasteiger charge is 1.99. The van der Waals surface area contributed by atoms with Crippen molar-refractivity contribution >= 4 is 21.6 Å². The van der Waals surface area contributed by atoms with E-state index in [1.807, 2.05) is 12.3 Å². The third-order valence-electron chi connectivity index (χ3n) is 2.33. The largest absolute Gasteiger partial charge is 0.380 e. The van der Waals surface area contributed by atoms with E-state index in [1.165, 1.54) is 11.1 Å². The van der Waals surface area contributed by atoms with Gasteiger partial charge in [-0.2, -0.15) is 0 Å². The van der Waals surface area contributed by atoms with Crippen LogP contribution in [0.4, 0.5) is 5.69 Å². The van der Waals surface area contributed by atoms with Crippen LogP contribution in [-0.4, -0.2) is 4.98 Å². The van der Waals surface area contributed by atoms with E-state index in [0.717, 1.165) is 16.7 Å². The number of rotatable bonds is 3. The number of nitrogens with one attached hydrogen (secondary N) is 1. The highest BCUT2D eigenvalue weighted by atomic mass is 79.9. The summed E-state index contributed by atoms with van der Waals surface area (Å²) in [4.78, 5) is 4.09. The first-order valence-corrected chi connectivity index (χ1v) is 5.94. The van der Waals surface area contributed by atoms with E-state index in [9.17, 15) is 0 Å². The fourth-order valence-corrected chi connectivity index (χ4v) is 1.86. The third-order valence-corrected chi connectivity index (χ3v) is 3.02. The SMILES string of the molecule is Cc1ccc(Br)c(NCc2cccnc2)c1. The molecule has 0 aliphatic rings. The smallest absolute Gasteiger partial charge is 0.0489 e. The van der Waals surface area contributed by atoms with Crippen molar-refractivity contribution in [1.82, 2.24) is 4.98 Å². The van der Waals surface area contributed by atoms with Gasteiger partial charge in [0.15, 0.2) is 0 Å². The number of hydrogen-bond donors (Lipinski definition) is 1. The number of hydrogen-bond acceptors (Lipinski definition) is 2. The number of nitrogens with zero attached hydrogens (tertiary/aromatic N) is 1. The van der Waals surface area contributed by atoms with Crippen molar-refractivity contribution in [3.05, 3.63) is 58.3 Å². The van der Waals surface area contributed by atoms with Gasteiger partial charge < -0.3 is 5.32 Å². The van der Waals surface area contributed by atoms with E-state index in [4.69, 9.17) is 0 Å². The molecule has 0 amide bonds. The van der Waals surface area contributed by atoms with E-state index in [1.54, 1.807) is 6.20 Å². The molecule has 0 fully saturated rings. The number of anilines is 1. The second-order valence-corrected chi connectivity index (χ2v) is 4.55. The van der Waals surface area contributed by atoms with Gasteiger partial charge in [0.1, 0.15) is 0 Å². The quantitative estimate of drug-likeness (QED) is 0.923. The maximum atomic E-state index is 4.09. The molecule has 2 rings (SSSR count). The molecule has 1 heterocycles. The Kier molecular flexibility index (Phi) is 3.57. The predicted molar refractivity (Wildman–Crippen MR) is 70.4 cm³/mol. The molecule has 2 aromatic rings. The maximum absolute atomic E-state index is 4.09. The van der Waals surface area contributed by atoms with Crippen molar-refractivity contribution in [3.8, 4) is 0 Å². The highest BCUT2D eigenvalue weighted by Crippen LogP contribution is 2.23. The van der Waals surface area contributed by atoms with Crippen LogP contribution in [0.5, 0.6) is 0 Å². The molecule has 16 heavy (non-hydrogen) atoms. The Morgan fingerprint density at radius 2 is 2.19 bits per heavy atom. The topological polar surface area (TPSA) is 24.9 Å². The Balaban J connectivity index is 2.08. The molecular weight excluding hydrogens is 264 g/mol. The fourth-order valence-electron chi connectivity index (χ4n) is 1.47. The molecule has 1 aromatic heterocycles. The first-order chi connectivity index (χ1) is 7.75. The van der Waals surface area contributed by atoms with Gasteiger partial charge in [0.05, 0.1) is 0 Å². The molecule has 0 atom stereocenters. The zero-order chi connectivity index (χ0) is 11.4. The first-order valence-electron chi connectivity index (χ1n) is 5.14. The van der Waals surface area contributed by atoms with Crippen molar-refractivity contribution in [3.63, 3.8) is 0 Å². The van der Waals surface area contributed by atoms with Crippen molar-refractivity contribution in [1.29, 1.82) is 0 Å². The Morgan fingerprint density at radius 3 is 2.94 bits per heavy atom. The molecule has 0 spiro atoms. The normalized spacial score (nSPS) is 10.1. The van der Waals surface area contributed by atoms with Crippen molar-refractivity contribution in [2.45, 2.75) is 13.5 Å². The van der Waals surface area contributed by atoms with Crippen LogP contribution in [0.15, 0.2) is 47.2 Å². The molecule has 0 radical (unpaired) electrons. The number of pyridine rings is 1. The summed E-state index contributed by atoms with van der Waals surface area (Å²) < 4.78 is 1.09. The van der Waals surface area contributed by atoms with E-state index in [-0.39, 0.29) is 0 Å². The zero-order valence-corrected chi connectivity index (χ0v) is 10.7. The lowest BCUT2D eigenvalue weighted by atomic mass is 10.2. The van der Waals surface area contributed by atoms with Crippen LogP contribution in [0.1, 0.15) is 11.1 Å². The van der Waals surface area contributed by atoms with Crippen molar-refractivity contribution in [2.75, 3.05) is 5.32 Å². The summed E-state index contributed by atoms with van der Waals surface area (Å²) in [5.41, 5.74) is 3.54. The molecule has 0 saturated heterocycles. The van der Waals surface area contributed by atoms with Crippen LogP contribution in [0, 0.1) is 6.92 Å². The van der Waals surface area contributed by atoms with Gasteiger partial charge in [-0.1, -0.05) is 12.1 Å². The predicted octanol–water partition coefficient (Wildman–Crippen LogP) is 3.76. The molecule has 1 aromatic carbocycles. The van der Waals surface area contributed by atoms with Crippen LogP contribution in [0.3, 0.4) is 0 Å². The molecule has 0 saturated carbocycles. The molecule has 1 N–H and O–H groups in total. The number of benzene rings is 1. The molecule has 0 aliphatic heterocycles. The van der Waals surface area contributed by atoms with Crippen LogP contribution < -0.4 is 5.32 Å². The average Bonchev–Trinajstić information content (AvgIpc) is 2.32. The molecule has 0 aliphatic carbocycles. The molecule has 82 valence electrons. The summed E-state index contributed by atoms with van der Waals surface area (Å²) in [5, 5.41) is 3.38. The molecular formula is C13H13BrN2. The van der Waals surface area contributed by atoms with E-state index in [2.05, 4.69) is 57.4 Å². The van der Waals surface area contributed by atoms with Gasteiger partial charge >= 0.3 is 0 Å². The molecule has 2 nitrogen and oxygen atoms in total. The fraction of sp³-hybridized carbons (Fsp3) is 0.154. The van der Waals surface area contributed by atoms with E-state index in [0.29, 0.717) is 0 Å². The van der Waals surface area contributed by atoms with Crippen LogP contribution in [0.2, 0.25) is 0 Å². The van der Waals surface area contributed by atoms with Gasteiger partial charge in [-0.25, -0.2) is 0 Å². The number of aryl methyl sites for hydroxylation is 1. The summed E-state index contributed by atoms with van der Waals surface area (Å²) in [6.07, 6.45) is 3.66. The monoisotopic (exact) mass is 276 g/mol. The van der Waals surface area contributed by atoms with Crippen molar-refractivity contribution < 1.29 is 0 Å². The van der Waals surface area contributed by atoms with E-state index >= 15 is 0 Å². The zero-order valence-electron chi connectivity index (χ0n) is 9.07. The number of halogens is 1. The second-order valence-electron chi connectivity index (χ2n) is 3.70. The Hall–Kier alpha value is -1.35. The van der Waals surface area contributed by atoms with Gasteiger partial charge in [0, 0.05) is 29.1 Å². The summed E-state index contributed by atoms with van der Waals surface area (Å²) >= 11 is 3.53. The lowest BCUT2D eigenvalue weighted by molar-refractivity contribution is 1.11. The molecule has 0 unspecified atom stereocenters. The minimum absolute atomic E-state index is 0.788. The van der Waals surface area contributed by atoms with Gasteiger partial charge in [-0.15, -0.1) is 0 Å². The highest BCUT2D eigenvalue weighted by molar-refractivity contribution is 9.10. The third kappa shape index (κ3) is 2.83. The van der Waals surface area contributed by atoms with Crippen molar-refractivity contribution in [2.24, 2.45) is 0 Å². The Morgan fingerprint density at radius 1 is 1.31 bits per heavy atom. The minimum atomic E-state index is 0.788. The van der Waals surface area contributed by atoms with Gasteiger partial charge in [-0.3, -0.25) is 4.98 Å². The standard InChI is InChI=1S/C13H13BrN2/c1-10-4-5-12(14)13(7-10)16-9-11-3-2-6-15-8-11/h2-8,16H,9H2,1H3. The number of aromatic nitrogens is 1.